The molecule has 0 amide bonds. The maximum absolute atomic E-state index is 12.6. The summed E-state index contributed by atoms with van der Waals surface area (Å²) in [6.45, 7) is 0. The van der Waals surface area contributed by atoms with Crippen LogP contribution in [0, 0.1) is 11.6 Å². The van der Waals surface area contributed by atoms with Crippen LogP contribution < -0.4 is 0 Å². The summed E-state index contributed by atoms with van der Waals surface area (Å²) in [5.41, 5.74) is 0. The molecule has 0 saturated heterocycles. The Morgan fingerprint density at radius 1 is 1.36 bits per heavy atom. The van der Waals surface area contributed by atoms with Gasteiger partial charge in [0.05, 0.1) is 4.90 Å². The first-order valence-electron chi connectivity index (χ1n) is 2.64. The van der Waals surface area contributed by atoms with Gasteiger partial charge in [-0.2, -0.15) is 0 Å². The monoisotopic (exact) mass is 196 g/mol. The zero-order valence-corrected chi connectivity index (χ0v) is 6.75. The summed E-state index contributed by atoms with van der Waals surface area (Å²) in [6, 6.07) is 2.68. The molecule has 60 valence electrons. The Morgan fingerprint density at radius 2 is 2.00 bits per heavy atom. The van der Waals surface area contributed by atoms with E-state index in [1.807, 2.05) is 0 Å². The van der Waals surface area contributed by atoms with E-state index >= 15 is 0 Å². The Hall–Kier alpha value is -0.480. The molecule has 0 N–H and O–H groups in total. The fourth-order valence-corrected chi connectivity index (χ4v) is 1.37. The number of halogens is 3. The summed E-state index contributed by atoms with van der Waals surface area (Å²) >= 11 is 0. The van der Waals surface area contributed by atoms with Crippen LogP contribution in [0.15, 0.2) is 23.1 Å². The molecule has 1 aromatic carbocycles. The van der Waals surface area contributed by atoms with Gasteiger partial charge >= 0.3 is 0 Å². The van der Waals surface area contributed by atoms with E-state index in [0.29, 0.717) is 6.07 Å². The molecule has 0 aromatic heterocycles. The van der Waals surface area contributed by atoms with Crippen molar-refractivity contribution in [1.29, 1.82) is 0 Å². The van der Waals surface area contributed by atoms with E-state index < -0.39 is 21.6 Å². The van der Waals surface area contributed by atoms with Gasteiger partial charge in [-0.25, -0.2) is 13.0 Å². The fourth-order valence-electron chi connectivity index (χ4n) is 0.605. The van der Waals surface area contributed by atoms with Crippen LogP contribution in [-0.2, 0) is 10.0 Å². The molecule has 0 aliphatic heterocycles. The first-order valence-corrected chi connectivity index (χ1v) is 4.62. The predicted octanol–water partition coefficient (Wildman–Crippen LogP) is 2.23. The molecule has 0 radical (unpaired) electrons. The summed E-state index contributed by atoms with van der Waals surface area (Å²) in [5, 5.41) is 0. The molecule has 0 bridgehead atoms. The first-order chi connectivity index (χ1) is 5.11. The zero-order chi connectivity index (χ0) is 8.43. The second-order valence-corrected chi connectivity index (χ2v) is 3.53. The highest BCUT2D eigenvalue weighted by molar-refractivity contribution is 8.08. The Labute approximate surface area is 68.9 Å². The third-order valence-electron chi connectivity index (χ3n) is 1.07. The number of benzene rings is 1. The molecule has 1 atom stereocenters. The molecule has 0 saturated carbocycles. The van der Waals surface area contributed by atoms with Gasteiger partial charge in [-0.3, -0.25) is 0 Å². The number of hydrogen-bond acceptors (Lipinski definition) is 1. The van der Waals surface area contributed by atoms with Gasteiger partial charge in [-0.15, -0.1) is 0 Å². The van der Waals surface area contributed by atoms with Crippen molar-refractivity contribution in [1.82, 2.24) is 0 Å². The minimum absolute atomic E-state index is 0.201. The van der Waals surface area contributed by atoms with E-state index in [9.17, 15) is 13.0 Å². The standard InChI is InChI=1S/C6H3ClF2OS/c7-11(10)6-2-1-4(8)3-5(6)9/h1-3H. The molecule has 1 nitrogen and oxygen atoms in total. The van der Waals surface area contributed by atoms with Crippen molar-refractivity contribution in [2.75, 3.05) is 0 Å². The molecule has 1 unspecified atom stereocenters. The normalized spacial score (nSPS) is 13.0. The van der Waals surface area contributed by atoms with Gasteiger partial charge in [-0.05, 0) is 22.8 Å². The maximum atomic E-state index is 12.6. The van der Waals surface area contributed by atoms with E-state index in [1.165, 1.54) is 0 Å². The van der Waals surface area contributed by atoms with Gasteiger partial charge < -0.3 is 0 Å². The van der Waals surface area contributed by atoms with Crippen LogP contribution in [0.25, 0.3) is 0 Å². The van der Waals surface area contributed by atoms with Crippen LogP contribution in [0.5, 0.6) is 0 Å². The number of rotatable bonds is 1. The van der Waals surface area contributed by atoms with Crippen molar-refractivity contribution in [3.05, 3.63) is 29.8 Å². The highest BCUT2D eigenvalue weighted by Gasteiger charge is 2.07. The largest absolute Gasteiger partial charge is 0.237 e. The van der Waals surface area contributed by atoms with E-state index in [0.717, 1.165) is 12.1 Å². The molecule has 0 fully saturated rings. The topological polar surface area (TPSA) is 17.1 Å². The average Bonchev–Trinajstić information content (AvgIpc) is 1.85. The van der Waals surface area contributed by atoms with Crippen molar-refractivity contribution in [2.45, 2.75) is 4.90 Å². The van der Waals surface area contributed by atoms with Gasteiger partial charge in [-0.1, -0.05) is 0 Å². The molecule has 0 aliphatic carbocycles. The Morgan fingerprint density at radius 3 is 2.45 bits per heavy atom. The lowest BCUT2D eigenvalue weighted by molar-refractivity contribution is 0.563. The summed E-state index contributed by atoms with van der Waals surface area (Å²) in [6.07, 6.45) is 0. The molecule has 5 heteroatoms. The quantitative estimate of drug-likeness (QED) is 0.630. The SMILES string of the molecule is O=S(Cl)c1ccc(F)cc1F. The fraction of sp³-hybridized carbons (Fsp3) is 0. The molecular weight excluding hydrogens is 194 g/mol. The van der Waals surface area contributed by atoms with Gasteiger partial charge in [0, 0.05) is 6.07 Å². The Bertz CT molecular complexity index is 303. The summed E-state index contributed by atoms with van der Waals surface area (Å²) in [4.78, 5) is -0.201. The molecule has 0 heterocycles. The van der Waals surface area contributed by atoms with Crippen molar-refractivity contribution >= 4 is 20.7 Å². The van der Waals surface area contributed by atoms with Crippen LogP contribution in [0.2, 0.25) is 0 Å². The zero-order valence-electron chi connectivity index (χ0n) is 5.18. The van der Waals surface area contributed by atoms with E-state index in [-0.39, 0.29) is 4.90 Å². The second-order valence-electron chi connectivity index (χ2n) is 1.80. The van der Waals surface area contributed by atoms with Crippen LogP contribution in [0.4, 0.5) is 8.78 Å². The molecule has 1 aromatic rings. The van der Waals surface area contributed by atoms with Gasteiger partial charge in [0.1, 0.15) is 11.6 Å². The molecule has 11 heavy (non-hydrogen) atoms. The Balaban J connectivity index is 3.20. The predicted molar refractivity (Wildman–Crippen MR) is 38.6 cm³/mol. The van der Waals surface area contributed by atoms with Gasteiger partial charge in [0.2, 0.25) is 0 Å². The average molecular weight is 197 g/mol. The van der Waals surface area contributed by atoms with E-state index in [4.69, 9.17) is 10.7 Å². The van der Waals surface area contributed by atoms with Crippen LogP contribution in [0.3, 0.4) is 0 Å². The van der Waals surface area contributed by atoms with E-state index in [1.54, 1.807) is 0 Å². The second kappa shape index (κ2) is 3.28. The summed E-state index contributed by atoms with van der Waals surface area (Å²) in [7, 11) is 3.15. The van der Waals surface area contributed by atoms with Crippen molar-refractivity contribution in [3.8, 4) is 0 Å². The lowest BCUT2D eigenvalue weighted by Gasteiger charge is -1.95. The molecular formula is C6H3ClF2OS. The highest BCUT2D eigenvalue weighted by Crippen LogP contribution is 2.15. The summed E-state index contributed by atoms with van der Waals surface area (Å²) < 4.78 is 35.3. The third kappa shape index (κ3) is 1.97. The third-order valence-corrected chi connectivity index (χ3v) is 2.24. The van der Waals surface area contributed by atoms with Crippen LogP contribution in [-0.4, -0.2) is 4.21 Å². The van der Waals surface area contributed by atoms with Crippen molar-refractivity contribution in [2.24, 2.45) is 0 Å². The first kappa shape index (κ1) is 8.62. The van der Waals surface area contributed by atoms with E-state index in [2.05, 4.69) is 0 Å². The minimum atomic E-state index is -1.92. The highest BCUT2D eigenvalue weighted by atomic mass is 35.7. The molecule has 0 spiro atoms. The molecule has 1 rings (SSSR count). The minimum Gasteiger partial charge on any atom is -0.237 e. The lowest BCUT2D eigenvalue weighted by atomic mass is 10.3. The van der Waals surface area contributed by atoms with Crippen molar-refractivity contribution in [3.63, 3.8) is 0 Å². The van der Waals surface area contributed by atoms with Gasteiger partial charge in [0.15, 0.2) is 10.0 Å². The number of hydrogen-bond donors (Lipinski definition) is 0. The van der Waals surface area contributed by atoms with Crippen LogP contribution >= 0.6 is 10.7 Å². The van der Waals surface area contributed by atoms with Crippen molar-refractivity contribution < 1.29 is 13.0 Å². The molecule has 0 aliphatic rings. The smallest absolute Gasteiger partial charge is 0.150 e. The Kier molecular flexibility index (Phi) is 2.57. The maximum Gasteiger partial charge on any atom is 0.150 e. The lowest BCUT2D eigenvalue weighted by Crippen LogP contribution is -1.88. The van der Waals surface area contributed by atoms with Crippen LogP contribution in [0.1, 0.15) is 0 Å². The van der Waals surface area contributed by atoms with Gasteiger partial charge in [0.25, 0.3) is 0 Å². The summed E-state index contributed by atoms with van der Waals surface area (Å²) in [5.74, 6) is -1.60.